The zero-order chi connectivity index (χ0) is 27.5. The molecule has 0 bridgehead atoms. The largest absolute Gasteiger partial charge is 0.378 e. The second-order valence-corrected chi connectivity index (χ2v) is 13.6. The quantitative estimate of drug-likeness (QED) is 0.184. The number of fused-ring (bicyclic) bond motifs is 1. The Hall–Kier alpha value is -2.52. The smallest absolute Gasteiger partial charge is 0.339 e. The fourth-order valence-electron chi connectivity index (χ4n) is 3.89. The van der Waals surface area contributed by atoms with Gasteiger partial charge in [0.15, 0.2) is 0 Å². The predicted octanol–water partition coefficient (Wildman–Crippen LogP) is 6.84. The lowest BCUT2D eigenvalue weighted by Crippen LogP contribution is -2.12. The molecule has 0 saturated heterocycles. The Morgan fingerprint density at radius 1 is 0.892 bits per heavy atom. The average molecular weight is 583 g/mol. The van der Waals surface area contributed by atoms with Gasteiger partial charge in [-0.25, -0.2) is 8.42 Å². The van der Waals surface area contributed by atoms with Crippen LogP contribution < -0.4 is 4.18 Å². The Morgan fingerprint density at radius 3 is 2.00 bits per heavy atom. The number of hydrogen-bond donors (Lipinski definition) is 0. The summed E-state index contributed by atoms with van der Waals surface area (Å²) in [6, 6.07) is 14.7. The van der Waals surface area contributed by atoms with Gasteiger partial charge in [-0.2, -0.15) is 8.42 Å². The molecule has 37 heavy (non-hydrogen) atoms. The van der Waals surface area contributed by atoms with Gasteiger partial charge in [0.25, 0.3) is 0 Å². The van der Waals surface area contributed by atoms with E-state index in [1.807, 2.05) is 32.3 Å². The number of nitrogens with zero attached hydrogens (tertiary/aromatic N) is 1. The highest BCUT2D eigenvalue weighted by atomic mass is 35.5. The van der Waals surface area contributed by atoms with Crippen LogP contribution in [0, 0.1) is 20.8 Å². The first kappa shape index (κ1) is 29.0. The summed E-state index contributed by atoms with van der Waals surface area (Å²) in [7, 11) is -7.91. The average Bonchev–Trinajstić information content (AvgIpc) is 3.21. The number of alkyl halides is 2. The molecule has 4 aromatic rings. The maximum absolute atomic E-state index is 13.7. The Kier molecular flexibility index (Phi) is 9.01. The van der Waals surface area contributed by atoms with E-state index in [9.17, 15) is 16.8 Å². The summed E-state index contributed by atoms with van der Waals surface area (Å²) in [6.07, 6.45) is 4.20. The highest BCUT2D eigenvalue weighted by Gasteiger charge is 2.27. The molecular formula is C27H29Cl2NO5S2. The molecule has 4 rings (SSSR count). The number of benzene rings is 2. The second-order valence-electron chi connectivity index (χ2n) is 8.59. The van der Waals surface area contributed by atoms with Crippen LogP contribution in [-0.4, -0.2) is 26.1 Å². The first-order valence-electron chi connectivity index (χ1n) is 11.5. The van der Waals surface area contributed by atoms with Crippen LogP contribution in [-0.2, 0) is 26.4 Å². The van der Waals surface area contributed by atoms with E-state index in [0.717, 1.165) is 11.1 Å². The summed E-state index contributed by atoms with van der Waals surface area (Å²) in [4.78, 5) is 0.186. The molecule has 0 saturated carbocycles. The normalized spacial score (nSPS) is 11.9. The lowest BCUT2D eigenvalue weighted by Gasteiger charge is -2.15. The van der Waals surface area contributed by atoms with Gasteiger partial charge in [0.1, 0.15) is 20.4 Å². The van der Waals surface area contributed by atoms with Crippen molar-refractivity contribution in [3.8, 4) is 5.75 Å². The van der Waals surface area contributed by atoms with E-state index in [-0.39, 0.29) is 25.3 Å². The molecule has 0 aliphatic carbocycles. The van der Waals surface area contributed by atoms with Crippen molar-refractivity contribution in [2.45, 2.75) is 60.6 Å². The van der Waals surface area contributed by atoms with Crippen molar-refractivity contribution in [1.82, 2.24) is 4.40 Å². The van der Waals surface area contributed by atoms with E-state index < -0.39 is 20.0 Å². The van der Waals surface area contributed by atoms with Crippen LogP contribution in [0.3, 0.4) is 0 Å². The van der Waals surface area contributed by atoms with Gasteiger partial charge in [-0.05, 0) is 87.2 Å². The van der Waals surface area contributed by atoms with Crippen LogP contribution in [0.15, 0.2) is 81.7 Å². The molecule has 0 atom stereocenters. The minimum absolute atomic E-state index is 0.0384. The number of rotatable bonds is 6. The summed E-state index contributed by atoms with van der Waals surface area (Å²) < 4.78 is 60.1. The molecule has 0 radical (unpaired) electrons. The van der Waals surface area contributed by atoms with Gasteiger partial charge in [-0.15, -0.1) is 23.2 Å². The summed E-state index contributed by atoms with van der Waals surface area (Å²) >= 11 is 10.1. The second kappa shape index (κ2) is 11.5. The molecule has 2 heterocycles. The predicted molar refractivity (Wildman–Crippen MR) is 148 cm³/mol. The van der Waals surface area contributed by atoms with Crippen LogP contribution in [0.5, 0.6) is 5.75 Å². The Morgan fingerprint density at radius 2 is 1.46 bits per heavy atom. The minimum atomic E-state index is -4.06. The fraction of sp³-hybridized carbons (Fsp3) is 0.259. The molecule has 6 nitrogen and oxygen atoms in total. The van der Waals surface area contributed by atoms with E-state index in [4.69, 9.17) is 27.4 Å². The number of hydrogen-bond acceptors (Lipinski definition) is 5. The third kappa shape index (κ3) is 6.49. The zero-order valence-corrected chi connectivity index (χ0v) is 24.3. The van der Waals surface area contributed by atoms with Gasteiger partial charge in [0, 0.05) is 12.4 Å². The van der Waals surface area contributed by atoms with Crippen LogP contribution in [0.4, 0.5) is 0 Å². The number of pyridine rings is 1. The van der Waals surface area contributed by atoms with Crippen molar-refractivity contribution in [2.75, 3.05) is 0 Å². The maximum Gasteiger partial charge on any atom is 0.339 e. The van der Waals surface area contributed by atoms with Gasteiger partial charge in [-0.1, -0.05) is 30.7 Å². The van der Waals surface area contributed by atoms with E-state index in [1.54, 1.807) is 49.4 Å². The fourth-order valence-corrected chi connectivity index (χ4v) is 6.83. The molecule has 10 heteroatoms. The van der Waals surface area contributed by atoms with Crippen molar-refractivity contribution in [1.29, 1.82) is 0 Å². The topological polar surface area (TPSA) is 81.9 Å². The van der Waals surface area contributed by atoms with Crippen molar-refractivity contribution >= 4 is 48.7 Å². The minimum Gasteiger partial charge on any atom is -0.378 e. The molecule has 0 spiro atoms. The summed E-state index contributed by atoms with van der Waals surface area (Å²) in [5.74, 6) is 0.131. The molecule has 198 valence electrons. The number of aryl methyl sites for hydroxylation is 4. The van der Waals surface area contributed by atoms with Crippen molar-refractivity contribution in [3.05, 3.63) is 89.2 Å². The Labute approximate surface area is 228 Å². The Balaban J connectivity index is 0.000000886. The monoisotopic (exact) mass is 581 g/mol. The highest BCUT2D eigenvalue weighted by molar-refractivity contribution is 7.91. The van der Waals surface area contributed by atoms with Crippen LogP contribution in [0.1, 0.15) is 36.1 Å². The molecular weight excluding hydrogens is 553 g/mol. The number of aromatic nitrogens is 1. The van der Waals surface area contributed by atoms with E-state index in [2.05, 4.69) is 0 Å². The summed E-state index contributed by atoms with van der Waals surface area (Å²) in [5.41, 5.74) is 3.10. The molecule has 0 aliphatic rings. The lowest BCUT2D eigenvalue weighted by molar-refractivity contribution is 0.482. The molecule has 0 fully saturated rings. The van der Waals surface area contributed by atoms with E-state index in [0.29, 0.717) is 23.1 Å². The third-order valence-electron chi connectivity index (χ3n) is 5.61. The van der Waals surface area contributed by atoms with Crippen molar-refractivity contribution < 1.29 is 21.0 Å². The van der Waals surface area contributed by atoms with E-state index >= 15 is 0 Å². The molecule has 0 N–H and O–H groups in total. The van der Waals surface area contributed by atoms with Crippen LogP contribution in [0.25, 0.3) is 5.52 Å². The third-order valence-corrected chi connectivity index (χ3v) is 8.71. The summed E-state index contributed by atoms with van der Waals surface area (Å²) in [5, 5.41) is 0. The van der Waals surface area contributed by atoms with Gasteiger partial charge in [0.2, 0.25) is 9.84 Å². The lowest BCUT2D eigenvalue weighted by atomic mass is 10.1. The van der Waals surface area contributed by atoms with Crippen molar-refractivity contribution in [3.63, 3.8) is 0 Å². The number of halogens is 2. The van der Waals surface area contributed by atoms with E-state index in [1.165, 1.54) is 24.3 Å². The first-order valence-corrected chi connectivity index (χ1v) is 15.3. The zero-order valence-electron chi connectivity index (χ0n) is 21.2. The molecule has 0 unspecified atom stereocenters. The molecule has 0 amide bonds. The summed E-state index contributed by atoms with van der Waals surface area (Å²) in [6.45, 7) is 8.76. The van der Waals surface area contributed by atoms with Gasteiger partial charge in [-0.3, -0.25) is 0 Å². The Bertz CT molecular complexity index is 1600. The van der Waals surface area contributed by atoms with Crippen molar-refractivity contribution in [2.24, 2.45) is 0 Å². The van der Waals surface area contributed by atoms with Crippen LogP contribution >= 0.6 is 23.2 Å². The maximum atomic E-state index is 13.7. The molecule has 2 aromatic heterocycles. The van der Waals surface area contributed by atoms with Gasteiger partial charge in [0.05, 0.1) is 10.4 Å². The van der Waals surface area contributed by atoms with Gasteiger partial charge < -0.3 is 8.58 Å². The SMILES string of the molecule is CC(Cl)Cl.CCc1cn2ccccc2c1S(=O)(=O)c1cc(C)c(OS(=O)(=O)c2ccc(C)cc2)c(C)c1. The molecule has 2 aromatic carbocycles. The number of sulfone groups is 1. The molecule has 0 aliphatic heterocycles. The van der Waals surface area contributed by atoms with Gasteiger partial charge >= 0.3 is 10.1 Å². The first-order chi connectivity index (χ1) is 17.3. The van der Waals surface area contributed by atoms with Crippen LogP contribution in [0.2, 0.25) is 0 Å². The standard InChI is InChI=1S/C25H25NO5S2.C2H4Cl2/c1-5-20-16-26-13-7-6-8-23(26)25(20)32(27,28)22-14-18(3)24(19(4)15-22)31-33(29,30)21-11-9-17(2)10-12-21;1-2(3)4/h6-16H,5H2,1-4H3;2H,1H3. The highest BCUT2D eigenvalue weighted by Crippen LogP contribution is 2.35.